The van der Waals surface area contributed by atoms with Crippen molar-refractivity contribution in [2.75, 3.05) is 19.0 Å². The van der Waals surface area contributed by atoms with E-state index in [0.29, 0.717) is 6.61 Å². The van der Waals surface area contributed by atoms with Crippen molar-refractivity contribution in [2.45, 2.75) is 90.4 Å². The topological polar surface area (TPSA) is 107 Å². The van der Waals surface area contributed by atoms with Crippen LogP contribution in [0, 0.1) is 0 Å². The fraction of sp³-hybridized carbons (Fsp3) is 0.680. The molecule has 0 spiro atoms. The SMILES string of the molecule is CCCCCCCCCCCCCCOC(=O)c1ccccc1C(=O)OCCCS(=O)(=O)O. The molecule has 0 atom stereocenters. The lowest BCUT2D eigenvalue weighted by Gasteiger charge is -2.10. The van der Waals surface area contributed by atoms with E-state index in [1.165, 1.54) is 69.9 Å². The molecule has 0 fully saturated rings. The lowest BCUT2D eigenvalue weighted by molar-refractivity contribution is 0.0454. The van der Waals surface area contributed by atoms with Crippen molar-refractivity contribution in [1.29, 1.82) is 0 Å². The summed E-state index contributed by atoms with van der Waals surface area (Å²) in [6.07, 6.45) is 14.6. The van der Waals surface area contributed by atoms with E-state index in [-0.39, 0.29) is 24.2 Å². The van der Waals surface area contributed by atoms with Crippen molar-refractivity contribution in [3.63, 3.8) is 0 Å². The van der Waals surface area contributed by atoms with Gasteiger partial charge in [0.25, 0.3) is 10.1 Å². The monoisotopic (exact) mass is 484 g/mol. The van der Waals surface area contributed by atoms with Gasteiger partial charge in [-0.15, -0.1) is 0 Å². The molecule has 1 N–H and O–H groups in total. The highest BCUT2D eigenvalue weighted by Gasteiger charge is 2.19. The maximum atomic E-state index is 12.4. The van der Waals surface area contributed by atoms with Gasteiger partial charge in [-0.1, -0.05) is 89.7 Å². The zero-order chi connectivity index (χ0) is 24.4. The van der Waals surface area contributed by atoms with E-state index in [4.69, 9.17) is 14.0 Å². The first-order valence-corrected chi connectivity index (χ1v) is 13.8. The fourth-order valence-corrected chi connectivity index (χ4v) is 3.99. The van der Waals surface area contributed by atoms with Crippen LogP contribution < -0.4 is 0 Å². The molecule has 33 heavy (non-hydrogen) atoms. The summed E-state index contributed by atoms with van der Waals surface area (Å²) < 4.78 is 40.5. The Labute approximate surface area is 199 Å². The molecule has 1 rings (SSSR count). The third kappa shape index (κ3) is 14.8. The predicted octanol–water partition coefficient (Wildman–Crippen LogP) is 5.98. The number of hydrogen-bond donors (Lipinski definition) is 1. The van der Waals surface area contributed by atoms with Crippen LogP contribution in [0.15, 0.2) is 24.3 Å². The standard InChI is InChI=1S/C25H40O7S/c1-2-3-4-5-6-7-8-9-10-11-12-15-19-31-24(26)22-17-13-14-18-23(22)25(27)32-20-16-21-33(28,29)30/h13-14,17-18H,2-12,15-16,19-21H2,1H3,(H,28,29,30). The van der Waals surface area contributed by atoms with Crippen LogP contribution in [0.5, 0.6) is 0 Å². The van der Waals surface area contributed by atoms with E-state index in [2.05, 4.69) is 6.92 Å². The van der Waals surface area contributed by atoms with Gasteiger partial charge >= 0.3 is 11.9 Å². The molecule has 0 aliphatic carbocycles. The minimum Gasteiger partial charge on any atom is -0.462 e. The third-order valence-electron chi connectivity index (χ3n) is 5.38. The highest BCUT2D eigenvalue weighted by atomic mass is 32.2. The Bertz CT molecular complexity index is 790. The molecule has 0 saturated carbocycles. The van der Waals surface area contributed by atoms with Gasteiger partial charge in [-0.2, -0.15) is 8.42 Å². The summed E-state index contributed by atoms with van der Waals surface area (Å²) in [5.74, 6) is -1.81. The number of rotatable bonds is 19. The van der Waals surface area contributed by atoms with Gasteiger partial charge in [-0.05, 0) is 25.0 Å². The van der Waals surface area contributed by atoms with Crippen LogP contribution in [0.25, 0.3) is 0 Å². The number of esters is 2. The van der Waals surface area contributed by atoms with Crippen molar-refractivity contribution >= 4 is 22.1 Å². The summed E-state index contributed by atoms with van der Waals surface area (Å²) in [5, 5.41) is 0. The number of ether oxygens (including phenoxy) is 2. The molecule has 7 nitrogen and oxygen atoms in total. The van der Waals surface area contributed by atoms with E-state index in [9.17, 15) is 18.0 Å². The Balaban J connectivity index is 2.21. The number of benzene rings is 1. The molecule has 0 unspecified atom stereocenters. The number of unbranched alkanes of at least 4 members (excludes halogenated alkanes) is 11. The van der Waals surface area contributed by atoms with Gasteiger partial charge in [-0.3, -0.25) is 4.55 Å². The van der Waals surface area contributed by atoms with Crippen LogP contribution in [0.2, 0.25) is 0 Å². The first-order chi connectivity index (χ1) is 15.8. The molecule has 8 heteroatoms. The summed E-state index contributed by atoms with van der Waals surface area (Å²) in [6, 6.07) is 6.21. The maximum Gasteiger partial charge on any atom is 0.339 e. The average molecular weight is 485 g/mol. The molecule has 0 saturated heterocycles. The molecular formula is C25H40O7S. The number of carbonyl (C=O) groups excluding carboxylic acids is 2. The van der Waals surface area contributed by atoms with Crippen molar-refractivity contribution in [3.8, 4) is 0 Å². The van der Waals surface area contributed by atoms with Crippen molar-refractivity contribution < 1.29 is 32.0 Å². The molecular weight excluding hydrogens is 444 g/mol. The van der Waals surface area contributed by atoms with Crippen LogP contribution in [0.1, 0.15) is 111 Å². The number of hydrogen-bond acceptors (Lipinski definition) is 6. The Morgan fingerprint density at radius 2 is 1.09 bits per heavy atom. The molecule has 0 bridgehead atoms. The summed E-state index contributed by atoms with van der Waals surface area (Å²) >= 11 is 0. The lowest BCUT2D eigenvalue weighted by Crippen LogP contribution is -2.16. The van der Waals surface area contributed by atoms with Gasteiger partial charge in [0.2, 0.25) is 0 Å². The normalized spacial score (nSPS) is 11.3. The van der Waals surface area contributed by atoms with Gasteiger partial charge in [0, 0.05) is 0 Å². The van der Waals surface area contributed by atoms with E-state index in [1.54, 1.807) is 12.1 Å². The minimum absolute atomic E-state index is 0.0316. The summed E-state index contributed by atoms with van der Waals surface area (Å²) in [6.45, 7) is 2.35. The zero-order valence-electron chi connectivity index (χ0n) is 19.9. The predicted molar refractivity (Wildman–Crippen MR) is 129 cm³/mol. The molecule has 0 amide bonds. The van der Waals surface area contributed by atoms with Crippen LogP contribution in [-0.2, 0) is 19.6 Å². The fourth-order valence-electron chi connectivity index (χ4n) is 3.51. The van der Waals surface area contributed by atoms with Gasteiger partial charge in [-0.25, -0.2) is 9.59 Å². The summed E-state index contributed by atoms with van der Waals surface area (Å²) in [4.78, 5) is 24.6. The van der Waals surface area contributed by atoms with Gasteiger partial charge in [0.15, 0.2) is 0 Å². The van der Waals surface area contributed by atoms with Crippen molar-refractivity contribution in [1.82, 2.24) is 0 Å². The van der Waals surface area contributed by atoms with E-state index < -0.39 is 27.8 Å². The smallest absolute Gasteiger partial charge is 0.339 e. The quantitative estimate of drug-likeness (QED) is 0.146. The first-order valence-electron chi connectivity index (χ1n) is 12.2. The molecule has 0 aliphatic rings. The maximum absolute atomic E-state index is 12.4. The van der Waals surface area contributed by atoms with Gasteiger partial charge in [0.05, 0.1) is 30.1 Å². The van der Waals surface area contributed by atoms with E-state index in [0.717, 1.165) is 19.3 Å². The largest absolute Gasteiger partial charge is 0.462 e. The van der Waals surface area contributed by atoms with E-state index in [1.807, 2.05) is 0 Å². The van der Waals surface area contributed by atoms with E-state index >= 15 is 0 Å². The lowest BCUT2D eigenvalue weighted by atomic mass is 10.1. The van der Waals surface area contributed by atoms with Crippen LogP contribution >= 0.6 is 0 Å². The Hall–Kier alpha value is -1.93. The molecule has 188 valence electrons. The van der Waals surface area contributed by atoms with Crippen LogP contribution in [0.4, 0.5) is 0 Å². The highest BCUT2D eigenvalue weighted by molar-refractivity contribution is 7.85. The van der Waals surface area contributed by atoms with Gasteiger partial charge in [0.1, 0.15) is 0 Å². The van der Waals surface area contributed by atoms with Crippen LogP contribution in [0.3, 0.4) is 0 Å². The molecule has 1 aromatic carbocycles. The highest BCUT2D eigenvalue weighted by Crippen LogP contribution is 2.14. The molecule has 0 heterocycles. The second-order valence-corrected chi connectivity index (χ2v) is 9.92. The van der Waals surface area contributed by atoms with Crippen molar-refractivity contribution in [2.24, 2.45) is 0 Å². The zero-order valence-corrected chi connectivity index (χ0v) is 20.7. The van der Waals surface area contributed by atoms with Crippen molar-refractivity contribution in [3.05, 3.63) is 35.4 Å². The van der Waals surface area contributed by atoms with Gasteiger partial charge < -0.3 is 9.47 Å². The molecule has 0 radical (unpaired) electrons. The second-order valence-electron chi connectivity index (χ2n) is 8.35. The average Bonchev–Trinajstić information content (AvgIpc) is 2.79. The number of carbonyl (C=O) groups is 2. The van der Waals surface area contributed by atoms with Crippen LogP contribution in [-0.4, -0.2) is 43.9 Å². The summed E-state index contributed by atoms with van der Waals surface area (Å²) in [7, 11) is -4.10. The Morgan fingerprint density at radius 1 is 0.697 bits per heavy atom. The minimum atomic E-state index is -4.10. The first kappa shape index (κ1) is 29.1. The summed E-state index contributed by atoms with van der Waals surface area (Å²) in [5.41, 5.74) is 0.195. The Kier molecular flexibility index (Phi) is 15.5. The second kappa shape index (κ2) is 17.5. The Morgan fingerprint density at radius 3 is 1.52 bits per heavy atom. The molecule has 0 aromatic heterocycles. The molecule has 0 aliphatic heterocycles. The molecule has 1 aromatic rings. The third-order valence-corrected chi connectivity index (χ3v) is 6.18.